The van der Waals surface area contributed by atoms with E-state index in [1.807, 2.05) is 62.5 Å². The number of amides is 3. The van der Waals surface area contributed by atoms with Gasteiger partial charge in [-0.15, -0.1) is 11.3 Å². The maximum atomic E-state index is 13.9. The van der Waals surface area contributed by atoms with Gasteiger partial charge < -0.3 is 10.2 Å². The van der Waals surface area contributed by atoms with Crippen molar-refractivity contribution in [3.05, 3.63) is 87.1 Å². The third kappa shape index (κ3) is 6.56. The summed E-state index contributed by atoms with van der Waals surface area (Å²) in [5.74, 6) is -0.956. The zero-order valence-corrected chi connectivity index (χ0v) is 21.7. The Bertz CT molecular complexity index is 1180. The minimum atomic E-state index is -0.497. The molecule has 0 saturated carbocycles. The maximum absolute atomic E-state index is 13.9. The summed E-state index contributed by atoms with van der Waals surface area (Å²) in [6, 6.07) is 18.9. The molecular weight excluding hydrogens is 456 g/mol. The lowest BCUT2D eigenvalue weighted by Crippen LogP contribution is -2.47. The van der Waals surface area contributed by atoms with Crippen LogP contribution in [0.1, 0.15) is 40.0 Å². The Labute approximate surface area is 211 Å². The summed E-state index contributed by atoms with van der Waals surface area (Å²) in [5.41, 5.74) is 4.05. The first kappa shape index (κ1) is 26.1. The Balaban J connectivity index is 1.94. The fourth-order valence-corrected chi connectivity index (χ4v) is 4.81. The van der Waals surface area contributed by atoms with Crippen molar-refractivity contribution in [1.29, 1.82) is 5.26 Å². The molecule has 0 bridgehead atoms. The number of aryl methyl sites for hydroxylation is 2. The summed E-state index contributed by atoms with van der Waals surface area (Å²) >= 11 is 1.68. The molecule has 182 valence electrons. The number of thiophene rings is 1. The second kappa shape index (κ2) is 11.8. The van der Waals surface area contributed by atoms with Gasteiger partial charge in [-0.3, -0.25) is 4.79 Å². The second-order valence-corrected chi connectivity index (χ2v) is 10.1. The molecular formula is C28H32N4O2S. The number of nitrogens with one attached hydrogen (secondary N) is 1. The highest BCUT2D eigenvalue weighted by atomic mass is 32.1. The molecule has 1 heterocycles. The topological polar surface area (TPSA) is 76.4 Å². The third-order valence-corrected chi connectivity index (χ3v) is 6.84. The minimum Gasteiger partial charge on any atom is -0.330 e. The average molecular weight is 489 g/mol. The highest BCUT2D eigenvalue weighted by Crippen LogP contribution is 2.30. The van der Waals surface area contributed by atoms with Gasteiger partial charge in [0.05, 0.1) is 17.3 Å². The van der Waals surface area contributed by atoms with E-state index in [1.54, 1.807) is 37.6 Å². The van der Waals surface area contributed by atoms with Crippen molar-refractivity contribution in [2.75, 3.05) is 25.5 Å². The SMILES string of the molecule is Cc1cc(C)cc(N(C(=O)[C@@H](C)[C@@H](CNCc2cccs2)c2ccc(C#N)cc2)C(=O)N(C)C)c1. The van der Waals surface area contributed by atoms with Crippen LogP contribution in [0, 0.1) is 31.1 Å². The van der Waals surface area contributed by atoms with Crippen molar-refractivity contribution in [2.45, 2.75) is 33.2 Å². The molecule has 0 radical (unpaired) electrons. The van der Waals surface area contributed by atoms with Gasteiger partial charge in [0.25, 0.3) is 0 Å². The predicted octanol–water partition coefficient (Wildman–Crippen LogP) is 5.46. The summed E-state index contributed by atoms with van der Waals surface area (Å²) in [4.78, 5) is 31.1. The molecule has 1 N–H and O–H groups in total. The van der Waals surface area contributed by atoms with Gasteiger partial charge in [-0.05, 0) is 66.2 Å². The summed E-state index contributed by atoms with van der Waals surface area (Å²) in [5, 5.41) is 14.7. The zero-order chi connectivity index (χ0) is 25.5. The Morgan fingerprint density at radius 3 is 2.26 bits per heavy atom. The third-order valence-electron chi connectivity index (χ3n) is 5.96. The standard InChI is InChI=1S/C28H32N4O2S/c1-19-13-20(2)15-24(14-19)32(28(34)31(4)5)27(33)21(3)26(18-30-17-25-7-6-12-35-25)23-10-8-22(16-29)9-11-23/h6-15,21,26,30H,17-18H2,1-5H3/t21-,26+/m0/s1. The van der Waals surface area contributed by atoms with E-state index in [0.29, 0.717) is 24.3 Å². The van der Waals surface area contributed by atoms with Gasteiger partial charge in [0.15, 0.2) is 0 Å². The smallest absolute Gasteiger partial charge is 0.330 e. The highest BCUT2D eigenvalue weighted by molar-refractivity contribution is 7.09. The fourth-order valence-electron chi connectivity index (χ4n) is 4.14. The molecule has 0 aliphatic rings. The van der Waals surface area contributed by atoms with Crippen LogP contribution in [0.4, 0.5) is 10.5 Å². The normalized spacial score (nSPS) is 12.5. The van der Waals surface area contributed by atoms with Gasteiger partial charge in [0.2, 0.25) is 5.91 Å². The fraction of sp³-hybridized carbons (Fsp3) is 0.321. The van der Waals surface area contributed by atoms with Gasteiger partial charge in [0.1, 0.15) is 0 Å². The lowest BCUT2D eigenvalue weighted by molar-refractivity contribution is -0.121. The Morgan fingerprint density at radius 1 is 1.06 bits per heavy atom. The van der Waals surface area contributed by atoms with Gasteiger partial charge in [-0.1, -0.05) is 31.2 Å². The van der Waals surface area contributed by atoms with Crippen molar-refractivity contribution in [2.24, 2.45) is 5.92 Å². The van der Waals surface area contributed by atoms with Crippen LogP contribution < -0.4 is 10.2 Å². The molecule has 2 aromatic carbocycles. The molecule has 6 nitrogen and oxygen atoms in total. The summed E-state index contributed by atoms with van der Waals surface area (Å²) in [7, 11) is 3.30. The van der Waals surface area contributed by atoms with Crippen molar-refractivity contribution >= 4 is 29.0 Å². The number of carbonyl (C=O) groups excluding carboxylic acids is 2. The number of anilines is 1. The first-order valence-corrected chi connectivity index (χ1v) is 12.5. The number of nitriles is 1. The number of imide groups is 1. The molecule has 3 aromatic rings. The quantitative estimate of drug-likeness (QED) is 0.457. The molecule has 2 atom stereocenters. The Hall–Kier alpha value is -3.47. The van der Waals surface area contributed by atoms with E-state index in [9.17, 15) is 14.9 Å². The van der Waals surface area contributed by atoms with Gasteiger partial charge >= 0.3 is 6.03 Å². The number of urea groups is 1. The van der Waals surface area contributed by atoms with Gasteiger partial charge in [-0.25, -0.2) is 9.69 Å². The monoisotopic (exact) mass is 488 g/mol. The Kier molecular flexibility index (Phi) is 8.80. The van der Waals surface area contributed by atoms with Crippen molar-refractivity contribution < 1.29 is 9.59 Å². The van der Waals surface area contributed by atoms with Crippen molar-refractivity contribution in [3.8, 4) is 6.07 Å². The first-order chi connectivity index (χ1) is 16.7. The summed E-state index contributed by atoms with van der Waals surface area (Å²) in [6.07, 6.45) is 0. The molecule has 0 spiro atoms. The van der Waals surface area contributed by atoms with E-state index < -0.39 is 5.92 Å². The summed E-state index contributed by atoms with van der Waals surface area (Å²) < 4.78 is 0. The van der Waals surface area contributed by atoms with Crippen LogP contribution in [-0.2, 0) is 11.3 Å². The summed E-state index contributed by atoms with van der Waals surface area (Å²) in [6.45, 7) is 7.03. The van der Waals surface area contributed by atoms with E-state index in [1.165, 1.54) is 14.7 Å². The highest BCUT2D eigenvalue weighted by Gasteiger charge is 2.34. The lowest BCUT2D eigenvalue weighted by atomic mass is 9.85. The minimum absolute atomic E-state index is 0.196. The maximum Gasteiger partial charge on any atom is 0.330 e. The van der Waals surface area contributed by atoms with Crippen LogP contribution >= 0.6 is 11.3 Å². The molecule has 3 rings (SSSR count). The average Bonchev–Trinajstić information content (AvgIpc) is 3.34. The molecule has 7 heteroatoms. The number of rotatable bonds is 8. The van der Waals surface area contributed by atoms with Crippen molar-refractivity contribution in [3.63, 3.8) is 0 Å². The number of nitrogens with zero attached hydrogens (tertiary/aromatic N) is 3. The lowest BCUT2D eigenvalue weighted by Gasteiger charge is -2.31. The van der Waals surface area contributed by atoms with E-state index in [-0.39, 0.29) is 17.9 Å². The van der Waals surface area contributed by atoms with Gasteiger partial charge in [-0.2, -0.15) is 5.26 Å². The predicted molar refractivity (Wildman–Crippen MR) is 142 cm³/mol. The molecule has 1 aromatic heterocycles. The van der Waals surface area contributed by atoms with Crippen molar-refractivity contribution in [1.82, 2.24) is 10.2 Å². The van der Waals surface area contributed by atoms with Gasteiger partial charge in [0, 0.05) is 43.9 Å². The van der Waals surface area contributed by atoms with E-state index >= 15 is 0 Å². The van der Waals surface area contributed by atoms with Crippen LogP contribution in [0.25, 0.3) is 0 Å². The molecule has 3 amide bonds. The molecule has 0 fully saturated rings. The number of hydrogen-bond donors (Lipinski definition) is 1. The first-order valence-electron chi connectivity index (χ1n) is 11.6. The molecule has 0 saturated heterocycles. The second-order valence-electron chi connectivity index (χ2n) is 9.04. The largest absolute Gasteiger partial charge is 0.330 e. The molecule has 0 unspecified atom stereocenters. The zero-order valence-electron chi connectivity index (χ0n) is 20.9. The van der Waals surface area contributed by atoms with E-state index in [0.717, 1.165) is 16.7 Å². The van der Waals surface area contributed by atoms with Crippen LogP contribution in [0.3, 0.4) is 0 Å². The molecule has 0 aliphatic heterocycles. The van der Waals surface area contributed by atoms with Crippen LogP contribution in [0.15, 0.2) is 60.0 Å². The number of benzene rings is 2. The number of carbonyl (C=O) groups is 2. The van der Waals surface area contributed by atoms with E-state index in [2.05, 4.69) is 17.5 Å². The Morgan fingerprint density at radius 2 is 1.71 bits per heavy atom. The molecule has 35 heavy (non-hydrogen) atoms. The van der Waals surface area contributed by atoms with Crippen LogP contribution in [0.5, 0.6) is 0 Å². The molecule has 0 aliphatic carbocycles. The van der Waals surface area contributed by atoms with Crippen LogP contribution in [-0.4, -0.2) is 37.5 Å². The number of hydrogen-bond acceptors (Lipinski definition) is 5. The van der Waals surface area contributed by atoms with Crippen LogP contribution in [0.2, 0.25) is 0 Å². The van der Waals surface area contributed by atoms with E-state index in [4.69, 9.17) is 0 Å².